The second kappa shape index (κ2) is 8.45. The van der Waals surface area contributed by atoms with E-state index < -0.39 is 15.8 Å². The lowest BCUT2D eigenvalue weighted by Gasteiger charge is -2.14. The minimum atomic E-state index is -3.66. The molecule has 1 unspecified atom stereocenters. The molecule has 1 aliphatic rings. The Morgan fingerprint density at radius 3 is 2.89 bits per heavy atom. The van der Waals surface area contributed by atoms with Crippen LogP contribution in [0.3, 0.4) is 0 Å². The van der Waals surface area contributed by atoms with Crippen molar-refractivity contribution < 1.29 is 18.0 Å². The third-order valence-corrected chi connectivity index (χ3v) is 7.97. The highest BCUT2D eigenvalue weighted by Gasteiger charge is 2.25. The Labute approximate surface area is 166 Å². The number of benzene rings is 1. The lowest BCUT2D eigenvalue weighted by atomic mass is 10.2. The lowest BCUT2D eigenvalue weighted by molar-refractivity contribution is -0.124. The van der Waals surface area contributed by atoms with E-state index >= 15 is 0 Å². The van der Waals surface area contributed by atoms with Crippen LogP contribution < -0.4 is 10.6 Å². The minimum Gasteiger partial charge on any atom is -0.351 e. The number of sulfone groups is 1. The van der Waals surface area contributed by atoms with E-state index in [2.05, 4.69) is 10.6 Å². The van der Waals surface area contributed by atoms with Gasteiger partial charge >= 0.3 is 0 Å². The average molecular weight is 425 g/mol. The average Bonchev–Trinajstić information content (AvgIpc) is 3.06. The molecule has 3 rings (SSSR count). The number of fused-ring (bicyclic) bond motifs is 1. The Hall–Kier alpha value is -1.84. The maximum Gasteiger partial charge on any atom is 0.225 e. The van der Waals surface area contributed by atoms with Gasteiger partial charge in [0, 0.05) is 27.9 Å². The fraction of sp³-hybridized carbons (Fsp3) is 0.333. The van der Waals surface area contributed by atoms with Crippen molar-refractivity contribution in [2.24, 2.45) is 5.92 Å². The van der Waals surface area contributed by atoms with Crippen LogP contribution in [-0.2, 0) is 26.0 Å². The topological polar surface area (TPSA) is 92.3 Å². The van der Waals surface area contributed by atoms with E-state index in [-0.39, 0.29) is 22.5 Å². The fourth-order valence-corrected chi connectivity index (χ4v) is 5.81. The summed E-state index contributed by atoms with van der Waals surface area (Å²) in [5.74, 6) is -0.740. The lowest BCUT2D eigenvalue weighted by Crippen LogP contribution is -2.32. The van der Waals surface area contributed by atoms with E-state index in [0.29, 0.717) is 24.4 Å². The molecule has 1 aromatic heterocycles. The number of thiophene rings is 1. The maximum absolute atomic E-state index is 12.7. The molecule has 2 heterocycles. The van der Waals surface area contributed by atoms with E-state index in [9.17, 15) is 18.0 Å². The van der Waals surface area contributed by atoms with E-state index in [1.165, 1.54) is 35.2 Å². The summed E-state index contributed by atoms with van der Waals surface area (Å²) in [6.45, 7) is 1.99. The standard InChI is InChI=1S/C18H20N2O4S3/c1-12(18(22)19-10-13-3-2-7-25-13)11-27(23,24)14-4-5-16-15(9-14)20-17(21)6-8-26-16/h2-5,7,9,12H,6,8,10-11H2,1H3,(H,19,22)(H,20,21). The summed E-state index contributed by atoms with van der Waals surface area (Å²) in [5.41, 5.74) is 0.512. The number of rotatable bonds is 6. The summed E-state index contributed by atoms with van der Waals surface area (Å²) >= 11 is 3.05. The molecule has 0 saturated carbocycles. The smallest absolute Gasteiger partial charge is 0.225 e. The Kier molecular flexibility index (Phi) is 6.23. The predicted octanol–water partition coefficient (Wildman–Crippen LogP) is 2.91. The normalized spacial score (nSPS) is 15.4. The van der Waals surface area contributed by atoms with Crippen LogP contribution in [0.25, 0.3) is 0 Å². The second-order valence-corrected chi connectivity index (χ2v) is 10.5. The van der Waals surface area contributed by atoms with Crippen LogP contribution >= 0.6 is 23.1 Å². The van der Waals surface area contributed by atoms with Crippen LogP contribution in [0.1, 0.15) is 18.2 Å². The number of amides is 2. The zero-order valence-electron chi connectivity index (χ0n) is 14.7. The first-order valence-corrected chi connectivity index (χ1v) is 12.0. The van der Waals surface area contributed by atoms with E-state index in [4.69, 9.17) is 0 Å². The zero-order chi connectivity index (χ0) is 19.4. The number of anilines is 1. The number of hydrogen-bond acceptors (Lipinski definition) is 6. The molecule has 2 amide bonds. The van der Waals surface area contributed by atoms with Gasteiger partial charge in [0.05, 0.1) is 22.9 Å². The Balaban J connectivity index is 1.68. The van der Waals surface area contributed by atoms with Crippen LogP contribution in [0.5, 0.6) is 0 Å². The van der Waals surface area contributed by atoms with E-state index in [1.54, 1.807) is 13.0 Å². The number of thioether (sulfide) groups is 1. The van der Waals surface area contributed by atoms with Gasteiger partial charge in [-0.15, -0.1) is 23.1 Å². The molecule has 1 aromatic carbocycles. The van der Waals surface area contributed by atoms with Crippen LogP contribution in [0.15, 0.2) is 45.5 Å². The van der Waals surface area contributed by atoms with Gasteiger partial charge in [0.2, 0.25) is 11.8 Å². The molecule has 0 saturated heterocycles. The Morgan fingerprint density at radius 2 is 2.15 bits per heavy atom. The van der Waals surface area contributed by atoms with E-state index in [1.807, 2.05) is 17.5 Å². The third kappa shape index (κ3) is 5.12. The minimum absolute atomic E-state index is 0.113. The molecule has 2 aromatic rings. The fourth-order valence-electron chi connectivity index (χ4n) is 2.66. The first kappa shape index (κ1) is 19.9. The molecule has 2 N–H and O–H groups in total. The molecule has 0 bridgehead atoms. The summed E-state index contributed by atoms with van der Waals surface area (Å²) in [6, 6.07) is 8.54. The van der Waals surface area contributed by atoms with Crippen molar-refractivity contribution in [1.29, 1.82) is 0 Å². The second-order valence-electron chi connectivity index (χ2n) is 6.28. The van der Waals surface area contributed by atoms with Crippen LogP contribution in [0.4, 0.5) is 5.69 Å². The number of carbonyl (C=O) groups excluding carboxylic acids is 2. The zero-order valence-corrected chi connectivity index (χ0v) is 17.2. The summed E-state index contributed by atoms with van der Waals surface area (Å²) in [4.78, 5) is 25.9. The number of hydrogen-bond donors (Lipinski definition) is 2. The molecule has 0 spiro atoms. The van der Waals surface area contributed by atoms with E-state index in [0.717, 1.165) is 9.77 Å². The van der Waals surface area contributed by atoms with Gasteiger partial charge < -0.3 is 10.6 Å². The van der Waals surface area contributed by atoms with Crippen molar-refractivity contribution in [1.82, 2.24) is 5.32 Å². The molecule has 27 heavy (non-hydrogen) atoms. The van der Waals surface area contributed by atoms with Gasteiger partial charge in [0.25, 0.3) is 0 Å². The summed E-state index contributed by atoms with van der Waals surface area (Å²) in [5, 5.41) is 7.44. The highest BCUT2D eigenvalue weighted by molar-refractivity contribution is 7.99. The predicted molar refractivity (Wildman–Crippen MR) is 108 cm³/mol. The van der Waals surface area contributed by atoms with Crippen molar-refractivity contribution >= 4 is 50.4 Å². The van der Waals surface area contributed by atoms with Crippen molar-refractivity contribution in [3.05, 3.63) is 40.6 Å². The number of nitrogens with one attached hydrogen (secondary N) is 2. The molecule has 0 aliphatic carbocycles. The van der Waals surface area contributed by atoms with Gasteiger partial charge in [-0.05, 0) is 29.6 Å². The first-order chi connectivity index (χ1) is 12.8. The van der Waals surface area contributed by atoms with Crippen molar-refractivity contribution in [2.45, 2.75) is 29.7 Å². The molecule has 0 radical (unpaired) electrons. The molecule has 1 atom stereocenters. The van der Waals surface area contributed by atoms with Gasteiger partial charge in [-0.1, -0.05) is 13.0 Å². The third-order valence-electron chi connectivity index (χ3n) is 4.10. The maximum atomic E-state index is 12.7. The van der Waals surface area contributed by atoms with Crippen molar-refractivity contribution in [3.8, 4) is 0 Å². The molecule has 9 heteroatoms. The largest absolute Gasteiger partial charge is 0.351 e. The quantitative estimate of drug-likeness (QED) is 0.744. The van der Waals surface area contributed by atoms with Gasteiger partial charge in [-0.2, -0.15) is 0 Å². The number of carbonyl (C=O) groups is 2. The summed E-state index contributed by atoms with van der Waals surface area (Å²) in [7, 11) is -3.66. The van der Waals surface area contributed by atoms with Crippen LogP contribution in [0.2, 0.25) is 0 Å². The first-order valence-electron chi connectivity index (χ1n) is 8.45. The van der Waals surface area contributed by atoms with Gasteiger partial charge in [0.1, 0.15) is 0 Å². The van der Waals surface area contributed by atoms with Gasteiger partial charge in [0.15, 0.2) is 9.84 Å². The monoisotopic (exact) mass is 424 g/mol. The molecule has 0 fully saturated rings. The highest BCUT2D eigenvalue weighted by atomic mass is 32.2. The van der Waals surface area contributed by atoms with Crippen LogP contribution in [-0.4, -0.2) is 31.7 Å². The van der Waals surface area contributed by atoms with Crippen LogP contribution in [0, 0.1) is 5.92 Å². The van der Waals surface area contributed by atoms with Crippen molar-refractivity contribution in [2.75, 3.05) is 16.8 Å². The molecule has 1 aliphatic heterocycles. The Bertz CT molecular complexity index is 940. The molecular weight excluding hydrogens is 404 g/mol. The molecule has 6 nitrogen and oxygen atoms in total. The van der Waals surface area contributed by atoms with Gasteiger partial charge in [-0.3, -0.25) is 9.59 Å². The highest BCUT2D eigenvalue weighted by Crippen LogP contribution is 2.33. The van der Waals surface area contributed by atoms with Crippen molar-refractivity contribution in [3.63, 3.8) is 0 Å². The molecular formula is C18H20N2O4S3. The SMILES string of the molecule is CC(CS(=O)(=O)c1ccc2c(c1)NC(=O)CCS2)C(=O)NCc1cccs1. The summed E-state index contributed by atoms with van der Waals surface area (Å²) < 4.78 is 25.5. The summed E-state index contributed by atoms with van der Waals surface area (Å²) in [6.07, 6.45) is 0.392. The molecule has 144 valence electrons. The van der Waals surface area contributed by atoms with Gasteiger partial charge in [-0.25, -0.2) is 8.42 Å². The Morgan fingerprint density at radius 1 is 1.33 bits per heavy atom.